The quantitative estimate of drug-likeness (QED) is 0.652. The van der Waals surface area contributed by atoms with Crippen molar-refractivity contribution in [3.8, 4) is 0 Å². The van der Waals surface area contributed by atoms with Gasteiger partial charge in [-0.05, 0) is 48.6 Å². The first-order chi connectivity index (χ1) is 7.35. The molecular weight excluding hydrogens is 335 g/mol. The van der Waals surface area contributed by atoms with Crippen molar-refractivity contribution in [3.05, 3.63) is 27.8 Å². The zero-order valence-electron chi connectivity index (χ0n) is 9.08. The van der Waals surface area contributed by atoms with Gasteiger partial charge in [0.15, 0.2) is 0 Å². The number of nitrogens with two attached hydrogens (primary N) is 1. The van der Waals surface area contributed by atoms with Crippen LogP contribution in [0.5, 0.6) is 0 Å². The maximum Gasteiger partial charge on any atom is 0.236 e. The van der Waals surface area contributed by atoms with Gasteiger partial charge in [-0.2, -0.15) is 0 Å². The lowest BCUT2D eigenvalue weighted by Gasteiger charge is -2.22. The summed E-state index contributed by atoms with van der Waals surface area (Å²) in [5, 5.41) is 2.82. The minimum Gasteiger partial charge on any atom is -0.392 e. The molecule has 0 spiro atoms. The fraction of sp³-hybridized carbons (Fsp3) is 0.273. The van der Waals surface area contributed by atoms with E-state index in [4.69, 9.17) is 18.0 Å². The summed E-state index contributed by atoms with van der Waals surface area (Å²) in [6, 6.07) is 7.54. The summed E-state index contributed by atoms with van der Waals surface area (Å²) in [5.41, 5.74) is 5.47. The first-order valence-corrected chi connectivity index (χ1v) is 6.20. The van der Waals surface area contributed by atoms with Crippen LogP contribution in [0.3, 0.4) is 0 Å². The van der Waals surface area contributed by atoms with Gasteiger partial charge < -0.3 is 11.1 Å². The van der Waals surface area contributed by atoms with E-state index in [0.29, 0.717) is 0 Å². The van der Waals surface area contributed by atoms with Gasteiger partial charge in [-0.3, -0.25) is 4.79 Å². The fourth-order valence-corrected chi connectivity index (χ4v) is 1.57. The molecule has 0 bridgehead atoms. The number of hydrogen-bond donors (Lipinski definition) is 2. The van der Waals surface area contributed by atoms with Crippen molar-refractivity contribution in [1.29, 1.82) is 0 Å². The Labute approximate surface area is 114 Å². The molecule has 0 aromatic heterocycles. The Morgan fingerprint density at radius 2 is 2.00 bits per heavy atom. The van der Waals surface area contributed by atoms with Crippen molar-refractivity contribution < 1.29 is 4.79 Å². The molecule has 0 fully saturated rings. The van der Waals surface area contributed by atoms with Crippen molar-refractivity contribution in [2.24, 2.45) is 11.1 Å². The van der Waals surface area contributed by atoms with Crippen molar-refractivity contribution in [2.75, 3.05) is 5.32 Å². The maximum absolute atomic E-state index is 11.9. The second-order valence-electron chi connectivity index (χ2n) is 3.92. The average molecular weight is 348 g/mol. The van der Waals surface area contributed by atoms with E-state index < -0.39 is 5.41 Å². The van der Waals surface area contributed by atoms with Crippen LogP contribution in [0, 0.1) is 8.99 Å². The Bertz CT molecular complexity index is 432. The molecule has 3 N–H and O–H groups in total. The van der Waals surface area contributed by atoms with E-state index >= 15 is 0 Å². The summed E-state index contributed by atoms with van der Waals surface area (Å²) in [5.74, 6) is -0.191. The fourth-order valence-electron chi connectivity index (χ4n) is 0.953. The molecule has 0 unspecified atom stereocenters. The van der Waals surface area contributed by atoms with Crippen LogP contribution in [0.2, 0.25) is 0 Å². The van der Waals surface area contributed by atoms with E-state index in [9.17, 15) is 4.79 Å². The Hall–Kier alpha value is -0.690. The Balaban J connectivity index is 2.88. The van der Waals surface area contributed by atoms with Gasteiger partial charge in [-0.1, -0.05) is 24.4 Å². The number of para-hydroxylation sites is 1. The molecule has 86 valence electrons. The van der Waals surface area contributed by atoms with Crippen molar-refractivity contribution >= 4 is 51.4 Å². The first-order valence-electron chi connectivity index (χ1n) is 4.71. The zero-order valence-corrected chi connectivity index (χ0v) is 12.1. The number of amides is 1. The van der Waals surface area contributed by atoms with Gasteiger partial charge in [0.2, 0.25) is 5.91 Å². The number of rotatable bonds is 3. The summed E-state index contributed by atoms with van der Waals surface area (Å²) in [6.45, 7) is 3.42. The number of nitrogens with one attached hydrogen (secondary N) is 1. The van der Waals surface area contributed by atoms with Gasteiger partial charge in [0.1, 0.15) is 0 Å². The van der Waals surface area contributed by atoms with Crippen LogP contribution in [0.4, 0.5) is 5.69 Å². The van der Waals surface area contributed by atoms with Crippen molar-refractivity contribution in [1.82, 2.24) is 0 Å². The average Bonchev–Trinajstić information content (AvgIpc) is 2.21. The highest BCUT2D eigenvalue weighted by molar-refractivity contribution is 14.1. The van der Waals surface area contributed by atoms with Crippen LogP contribution in [-0.4, -0.2) is 10.9 Å². The number of hydrogen-bond acceptors (Lipinski definition) is 2. The predicted octanol–water partition coefficient (Wildman–Crippen LogP) is 2.54. The molecule has 1 aromatic carbocycles. The monoisotopic (exact) mass is 348 g/mol. The van der Waals surface area contributed by atoms with E-state index in [-0.39, 0.29) is 10.9 Å². The maximum atomic E-state index is 11.9. The largest absolute Gasteiger partial charge is 0.392 e. The molecular formula is C11H13IN2OS. The normalized spacial score (nSPS) is 10.9. The minimum absolute atomic E-state index is 0.191. The Kier molecular flexibility index (Phi) is 4.26. The lowest BCUT2D eigenvalue weighted by molar-refractivity contribution is -0.121. The van der Waals surface area contributed by atoms with Crippen LogP contribution < -0.4 is 11.1 Å². The lowest BCUT2D eigenvalue weighted by atomic mass is 9.92. The lowest BCUT2D eigenvalue weighted by Crippen LogP contribution is -2.41. The van der Waals surface area contributed by atoms with Crippen LogP contribution in [-0.2, 0) is 4.79 Å². The van der Waals surface area contributed by atoms with Crippen LogP contribution >= 0.6 is 34.8 Å². The zero-order chi connectivity index (χ0) is 12.3. The molecule has 1 amide bonds. The molecule has 5 heteroatoms. The third kappa shape index (κ3) is 2.91. The molecule has 1 rings (SSSR count). The molecule has 0 saturated heterocycles. The van der Waals surface area contributed by atoms with Gasteiger partial charge in [0.05, 0.1) is 16.1 Å². The molecule has 0 atom stereocenters. The topological polar surface area (TPSA) is 55.1 Å². The van der Waals surface area contributed by atoms with Crippen LogP contribution in [0.25, 0.3) is 0 Å². The second-order valence-corrected chi connectivity index (χ2v) is 5.53. The number of anilines is 1. The SMILES string of the molecule is CC(C)(C(=O)Nc1ccccc1I)C(N)=S. The number of benzene rings is 1. The smallest absolute Gasteiger partial charge is 0.236 e. The van der Waals surface area contributed by atoms with E-state index in [1.54, 1.807) is 13.8 Å². The van der Waals surface area contributed by atoms with Gasteiger partial charge >= 0.3 is 0 Å². The van der Waals surface area contributed by atoms with Crippen LogP contribution in [0.1, 0.15) is 13.8 Å². The standard InChI is InChI=1S/C11H13IN2OS/c1-11(2,9(13)16)10(15)14-8-6-4-3-5-7(8)12/h3-6H,1-2H3,(H2,13,16)(H,14,15). The van der Waals surface area contributed by atoms with Crippen molar-refractivity contribution in [3.63, 3.8) is 0 Å². The highest BCUT2D eigenvalue weighted by Crippen LogP contribution is 2.22. The summed E-state index contributed by atoms with van der Waals surface area (Å²) < 4.78 is 0.979. The minimum atomic E-state index is -0.839. The summed E-state index contributed by atoms with van der Waals surface area (Å²) >= 11 is 7.03. The summed E-state index contributed by atoms with van der Waals surface area (Å²) in [6.07, 6.45) is 0. The van der Waals surface area contributed by atoms with Gasteiger partial charge in [0.25, 0.3) is 0 Å². The van der Waals surface area contributed by atoms with Crippen LogP contribution in [0.15, 0.2) is 24.3 Å². The highest BCUT2D eigenvalue weighted by atomic mass is 127. The third-order valence-corrected chi connectivity index (χ3v) is 3.76. The van der Waals surface area contributed by atoms with Crippen molar-refractivity contribution in [2.45, 2.75) is 13.8 Å². The molecule has 0 aliphatic heterocycles. The molecule has 16 heavy (non-hydrogen) atoms. The number of thiocarbonyl (C=S) groups is 1. The number of halogens is 1. The summed E-state index contributed by atoms with van der Waals surface area (Å²) in [4.78, 5) is 12.1. The van der Waals surface area contributed by atoms with E-state index in [2.05, 4.69) is 27.9 Å². The molecule has 3 nitrogen and oxygen atoms in total. The Morgan fingerprint density at radius 1 is 1.44 bits per heavy atom. The highest BCUT2D eigenvalue weighted by Gasteiger charge is 2.31. The Morgan fingerprint density at radius 3 is 2.50 bits per heavy atom. The second kappa shape index (κ2) is 5.09. The van der Waals surface area contributed by atoms with E-state index in [0.717, 1.165) is 9.26 Å². The first kappa shape index (κ1) is 13.4. The third-order valence-electron chi connectivity index (χ3n) is 2.31. The predicted molar refractivity (Wildman–Crippen MR) is 78.4 cm³/mol. The number of carbonyl (C=O) groups excluding carboxylic acids is 1. The van der Waals surface area contributed by atoms with Gasteiger partial charge in [-0.25, -0.2) is 0 Å². The molecule has 0 aliphatic carbocycles. The number of carbonyl (C=O) groups is 1. The molecule has 0 heterocycles. The molecule has 0 aliphatic rings. The van der Waals surface area contributed by atoms with Gasteiger partial charge in [-0.15, -0.1) is 0 Å². The molecule has 0 saturated carbocycles. The molecule has 0 radical (unpaired) electrons. The molecule has 1 aromatic rings. The van der Waals surface area contributed by atoms with Gasteiger partial charge in [0, 0.05) is 3.57 Å². The van der Waals surface area contributed by atoms with E-state index in [1.165, 1.54) is 0 Å². The van der Waals surface area contributed by atoms with E-state index in [1.807, 2.05) is 24.3 Å². The summed E-state index contributed by atoms with van der Waals surface area (Å²) in [7, 11) is 0.